The van der Waals surface area contributed by atoms with Crippen molar-refractivity contribution in [2.24, 2.45) is 11.8 Å². The van der Waals surface area contributed by atoms with Gasteiger partial charge in [-0.1, -0.05) is 40.5 Å². The molecule has 1 aliphatic rings. The molecule has 0 saturated carbocycles. The second kappa shape index (κ2) is 6.24. The number of nitrogens with zero attached hydrogens (tertiary/aromatic N) is 1. The number of nitrogens with one attached hydrogen (secondary N) is 1. The van der Waals surface area contributed by atoms with Crippen molar-refractivity contribution >= 4 is 5.91 Å². The van der Waals surface area contributed by atoms with Crippen molar-refractivity contribution in [1.29, 1.82) is 0 Å². The van der Waals surface area contributed by atoms with E-state index in [-0.39, 0.29) is 6.04 Å². The summed E-state index contributed by atoms with van der Waals surface area (Å²) in [6.07, 6.45) is 3.28. The highest BCUT2D eigenvalue weighted by Crippen LogP contribution is 2.16. The minimum atomic E-state index is 0.0642. The fourth-order valence-corrected chi connectivity index (χ4v) is 2.27. The molecule has 0 aromatic rings. The van der Waals surface area contributed by atoms with Gasteiger partial charge in [-0.15, -0.1) is 0 Å². The van der Waals surface area contributed by atoms with Crippen LogP contribution in [-0.4, -0.2) is 30.1 Å². The van der Waals surface area contributed by atoms with Crippen LogP contribution in [0.15, 0.2) is 0 Å². The van der Waals surface area contributed by atoms with Crippen LogP contribution in [0.1, 0.15) is 47.0 Å². The molecule has 0 aliphatic carbocycles. The van der Waals surface area contributed by atoms with Crippen LogP contribution in [0, 0.1) is 11.8 Å². The lowest BCUT2D eigenvalue weighted by atomic mass is 10.0. The van der Waals surface area contributed by atoms with Crippen LogP contribution < -0.4 is 5.32 Å². The van der Waals surface area contributed by atoms with Gasteiger partial charge in [0.15, 0.2) is 0 Å². The second-order valence-corrected chi connectivity index (χ2v) is 5.29. The summed E-state index contributed by atoms with van der Waals surface area (Å²) in [5, 5.41) is 3.32. The third kappa shape index (κ3) is 3.48. The molecular weight excluding hydrogens is 200 g/mol. The molecule has 3 heteroatoms. The maximum Gasteiger partial charge on any atom is 0.240 e. The van der Waals surface area contributed by atoms with Crippen LogP contribution in [0.5, 0.6) is 0 Å². The van der Waals surface area contributed by atoms with E-state index < -0.39 is 0 Å². The average molecular weight is 226 g/mol. The number of rotatable bonds is 6. The lowest BCUT2D eigenvalue weighted by Crippen LogP contribution is -2.34. The van der Waals surface area contributed by atoms with Crippen molar-refractivity contribution in [1.82, 2.24) is 10.2 Å². The third-order valence-electron chi connectivity index (χ3n) is 3.48. The monoisotopic (exact) mass is 226 g/mol. The van der Waals surface area contributed by atoms with Gasteiger partial charge in [-0.05, 0) is 18.3 Å². The van der Waals surface area contributed by atoms with E-state index in [1.54, 1.807) is 0 Å². The molecular formula is C13H26N2O. The summed E-state index contributed by atoms with van der Waals surface area (Å²) in [6.45, 7) is 10.4. The van der Waals surface area contributed by atoms with Gasteiger partial charge in [0.25, 0.3) is 0 Å². The van der Waals surface area contributed by atoms with Gasteiger partial charge in [0.2, 0.25) is 5.91 Å². The highest BCUT2D eigenvalue weighted by molar-refractivity contribution is 5.83. The van der Waals surface area contributed by atoms with E-state index in [4.69, 9.17) is 0 Å². The van der Waals surface area contributed by atoms with E-state index in [1.807, 2.05) is 4.90 Å². The Labute approximate surface area is 99.6 Å². The molecule has 3 nitrogen and oxygen atoms in total. The zero-order valence-corrected chi connectivity index (χ0v) is 11.1. The van der Waals surface area contributed by atoms with E-state index >= 15 is 0 Å². The molecule has 1 fully saturated rings. The first-order valence-corrected chi connectivity index (χ1v) is 6.60. The molecule has 0 radical (unpaired) electrons. The first-order chi connectivity index (χ1) is 7.58. The molecule has 0 bridgehead atoms. The first-order valence-electron chi connectivity index (χ1n) is 6.60. The smallest absolute Gasteiger partial charge is 0.240 e. The highest BCUT2D eigenvalue weighted by Gasteiger charge is 2.31. The molecule has 1 N–H and O–H groups in total. The van der Waals surface area contributed by atoms with Gasteiger partial charge in [0, 0.05) is 6.54 Å². The Balaban J connectivity index is 2.44. The maximum atomic E-state index is 12.1. The zero-order valence-electron chi connectivity index (χ0n) is 11.1. The fraction of sp³-hybridized carbons (Fsp3) is 0.923. The summed E-state index contributed by atoms with van der Waals surface area (Å²) in [4.78, 5) is 14.1. The number of carbonyl (C=O) groups excluding carboxylic acids is 1. The zero-order chi connectivity index (χ0) is 12.1. The summed E-state index contributed by atoms with van der Waals surface area (Å²) in [7, 11) is 0. The largest absolute Gasteiger partial charge is 0.328 e. The molecule has 1 aliphatic heterocycles. The van der Waals surface area contributed by atoms with E-state index in [1.165, 1.54) is 0 Å². The Morgan fingerprint density at radius 1 is 1.38 bits per heavy atom. The van der Waals surface area contributed by atoms with Crippen molar-refractivity contribution in [2.45, 2.75) is 53.0 Å². The first kappa shape index (κ1) is 13.5. The van der Waals surface area contributed by atoms with Gasteiger partial charge >= 0.3 is 0 Å². The standard InChI is InChI=1S/C13H26N2O/c1-5-11(6-2)8-15-9-14-12(13(15)16)7-10(3)4/h10-12,14H,5-9H2,1-4H3. The Morgan fingerprint density at radius 3 is 2.50 bits per heavy atom. The number of amides is 1. The van der Waals surface area contributed by atoms with Crippen molar-refractivity contribution in [3.8, 4) is 0 Å². The SMILES string of the molecule is CCC(CC)CN1CNC(CC(C)C)C1=O. The van der Waals surface area contributed by atoms with Crippen molar-refractivity contribution < 1.29 is 4.79 Å². The maximum absolute atomic E-state index is 12.1. The Kier molecular flexibility index (Phi) is 5.26. The van der Waals surface area contributed by atoms with Gasteiger partial charge < -0.3 is 4.90 Å². The van der Waals surface area contributed by atoms with Crippen molar-refractivity contribution in [2.75, 3.05) is 13.2 Å². The normalized spacial score (nSPS) is 21.5. The van der Waals surface area contributed by atoms with Gasteiger partial charge in [0.1, 0.15) is 0 Å². The van der Waals surface area contributed by atoms with Crippen molar-refractivity contribution in [3.05, 3.63) is 0 Å². The molecule has 1 amide bonds. The summed E-state index contributed by atoms with van der Waals surface area (Å²) in [5.41, 5.74) is 0. The number of hydrogen-bond donors (Lipinski definition) is 1. The third-order valence-corrected chi connectivity index (χ3v) is 3.48. The van der Waals surface area contributed by atoms with E-state index in [9.17, 15) is 4.79 Å². The molecule has 0 aromatic carbocycles. The minimum Gasteiger partial charge on any atom is -0.328 e. The molecule has 1 heterocycles. The lowest BCUT2D eigenvalue weighted by molar-refractivity contribution is -0.129. The Hall–Kier alpha value is -0.570. The quantitative estimate of drug-likeness (QED) is 0.753. The summed E-state index contributed by atoms with van der Waals surface area (Å²) < 4.78 is 0. The van der Waals surface area contributed by atoms with Crippen LogP contribution in [-0.2, 0) is 4.79 Å². The molecule has 0 aromatic heterocycles. The van der Waals surface area contributed by atoms with Crippen LogP contribution in [0.25, 0.3) is 0 Å². The molecule has 1 atom stereocenters. The summed E-state index contributed by atoms with van der Waals surface area (Å²) >= 11 is 0. The Morgan fingerprint density at radius 2 is 2.00 bits per heavy atom. The fourth-order valence-electron chi connectivity index (χ4n) is 2.27. The van der Waals surface area contributed by atoms with Crippen LogP contribution in [0.4, 0.5) is 0 Å². The van der Waals surface area contributed by atoms with Crippen molar-refractivity contribution in [3.63, 3.8) is 0 Å². The lowest BCUT2D eigenvalue weighted by Gasteiger charge is -2.21. The van der Waals surface area contributed by atoms with Gasteiger partial charge in [-0.3, -0.25) is 10.1 Å². The minimum absolute atomic E-state index is 0.0642. The van der Waals surface area contributed by atoms with E-state index in [0.29, 0.717) is 17.7 Å². The molecule has 1 saturated heterocycles. The predicted octanol–water partition coefficient (Wildman–Crippen LogP) is 2.23. The summed E-state index contributed by atoms with van der Waals surface area (Å²) in [6, 6.07) is 0.0642. The molecule has 1 rings (SSSR count). The molecule has 1 unspecified atom stereocenters. The molecule has 94 valence electrons. The van der Waals surface area contributed by atoms with Gasteiger partial charge in [-0.25, -0.2) is 0 Å². The predicted molar refractivity (Wildman–Crippen MR) is 67.0 cm³/mol. The van der Waals surface area contributed by atoms with E-state index in [0.717, 1.165) is 32.5 Å². The second-order valence-electron chi connectivity index (χ2n) is 5.29. The summed E-state index contributed by atoms with van der Waals surface area (Å²) in [5.74, 6) is 1.54. The molecule has 0 spiro atoms. The number of hydrogen-bond acceptors (Lipinski definition) is 2. The van der Waals surface area contributed by atoms with Crippen LogP contribution >= 0.6 is 0 Å². The number of carbonyl (C=O) groups is 1. The average Bonchev–Trinajstić information content (AvgIpc) is 2.57. The van der Waals surface area contributed by atoms with Gasteiger partial charge in [0.05, 0.1) is 12.7 Å². The van der Waals surface area contributed by atoms with E-state index in [2.05, 4.69) is 33.0 Å². The molecule has 16 heavy (non-hydrogen) atoms. The van der Waals surface area contributed by atoms with Crippen LogP contribution in [0.3, 0.4) is 0 Å². The highest BCUT2D eigenvalue weighted by atomic mass is 16.2. The van der Waals surface area contributed by atoms with Crippen LogP contribution in [0.2, 0.25) is 0 Å². The topological polar surface area (TPSA) is 32.3 Å². The Bertz CT molecular complexity index is 224. The van der Waals surface area contributed by atoms with Gasteiger partial charge in [-0.2, -0.15) is 0 Å².